The van der Waals surface area contributed by atoms with Gasteiger partial charge in [-0.15, -0.1) is 0 Å². The van der Waals surface area contributed by atoms with Gasteiger partial charge < -0.3 is 9.47 Å². The highest BCUT2D eigenvalue weighted by atomic mass is 32.2. The van der Waals surface area contributed by atoms with Crippen molar-refractivity contribution in [3.05, 3.63) is 47.5 Å². The monoisotopic (exact) mass is 447 g/mol. The van der Waals surface area contributed by atoms with Gasteiger partial charge in [0.1, 0.15) is 5.82 Å². The summed E-state index contributed by atoms with van der Waals surface area (Å²) in [6.45, 7) is 4.22. The zero-order chi connectivity index (χ0) is 22.2. The van der Waals surface area contributed by atoms with Gasteiger partial charge in [-0.1, -0.05) is 25.0 Å². The van der Waals surface area contributed by atoms with Crippen molar-refractivity contribution in [2.45, 2.75) is 81.9 Å². The first-order valence-electron chi connectivity index (χ1n) is 11.1. The number of amides is 1. The van der Waals surface area contributed by atoms with Gasteiger partial charge in [0.15, 0.2) is 0 Å². The van der Waals surface area contributed by atoms with Crippen molar-refractivity contribution in [2.24, 2.45) is 5.92 Å². The SMILES string of the molecule is CC(C)n1c(CN(C(=O)C2CCCC2)C2CC2)cnc1S(=O)(=O)Cc1ccc(F)cc1. The van der Waals surface area contributed by atoms with Crippen molar-refractivity contribution >= 4 is 15.7 Å². The lowest BCUT2D eigenvalue weighted by atomic mass is 10.1. The topological polar surface area (TPSA) is 72.3 Å². The van der Waals surface area contributed by atoms with Gasteiger partial charge in [0.2, 0.25) is 20.9 Å². The molecule has 0 bridgehead atoms. The number of rotatable bonds is 8. The van der Waals surface area contributed by atoms with E-state index in [9.17, 15) is 17.6 Å². The molecule has 1 aromatic carbocycles. The van der Waals surface area contributed by atoms with Gasteiger partial charge in [0.25, 0.3) is 0 Å². The first-order chi connectivity index (χ1) is 14.8. The molecule has 6 nitrogen and oxygen atoms in total. The second kappa shape index (κ2) is 8.73. The van der Waals surface area contributed by atoms with E-state index in [0.29, 0.717) is 12.1 Å². The highest BCUT2D eigenvalue weighted by Gasteiger charge is 2.38. The molecule has 0 N–H and O–H groups in total. The van der Waals surface area contributed by atoms with E-state index in [2.05, 4.69) is 4.98 Å². The Bertz CT molecular complexity index is 1040. The lowest BCUT2D eigenvalue weighted by Crippen LogP contribution is -2.37. The van der Waals surface area contributed by atoms with Crippen LogP contribution < -0.4 is 0 Å². The minimum atomic E-state index is -3.73. The van der Waals surface area contributed by atoms with E-state index < -0.39 is 15.7 Å². The molecular formula is C23H30FN3O3S. The molecule has 1 aromatic heterocycles. The van der Waals surface area contributed by atoms with Crippen LogP contribution in [0.15, 0.2) is 35.6 Å². The quantitative estimate of drug-likeness (QED) is 0.606. The van der Waals surface area contributed by atoms with Crippen molar-refractivity contribution in [1.82, 2.24) is 14.5 Å². The Kier molecular flexibility index (Phi) is 6.19. The van der Waals surface area contributed by atoms with Crippen LogP contribution in [0.1, 0.15) is 69.7 Å². The smallest absolute Gasteiger partial charge is 0.228 e. The minimum absolute atomic E-state index is 0.00545. The maximum Gasteiger partial charge on any atom is 0.228 e. The molecule has 0 atom stereocenters. The first-order valence-corrected chi connectivity index (χ1v) is 12.8. The number of benzene rings is 1. The summed E-state index contributed by atoms with van der Waals surface area (Å²) in [4.78, 5) is 19.4. The summed E-state index contributed by atoms with van der Waals surface area (Å²) in [6.07, 6.45) is 7.70. The highest BCUT2D eigenvalue weighted by Crippen LogP contribution is 2.34. The molecule has 0 aliphatic heterocycles. The highest BCUT2D eigenvalue weighted by molar-refractivity contribution is 7.90. The Morgan fingerprint density at radius 1 is 1.16 bits per heavy atom. The first kappa shape index (κ1) is 22.0. The minimum Gasteiger partial charge on any atom is -0.334 e. The number of sulfone groups is 1. The van der Waals surface area contributed by atoms with E-state index >= 15 is 0 Å². The molecule has 0 saturated heterocycles. The summed E-state index contributed by atoms with van der Waals surface area (Å²) < 4.78 is 41.2. The van der Waals surface area contributed by atoms with Gasteiger partial charge in [-0.3, -0.25) is 4.79 Å². The maximum atomic E-state index is 13.2. The van der Waals surface area contributed by atoms with Crippen LogP contribution in [-0.4, -0.2) is 34.8 Å². The number of imidazole rings is 1. The van der Waals surface area contributed by atoms with E-state index in [4.69, 9.17) is 0 Å². The van der Waals surface area contributed by atoms with Crippen LogP contribution in [0.3, 0.4) is 0 Å². The molecular weight excluding hydrogens is 417 g/mol. The fraction of sp³-hybridized carbons (Fsp3) is 0.565. The molecule has 2 aliphatic rings. The average molecular weight is 448 g/mol. The van der Waals surface area contributed by atoms with Gasteiger partial charge in [-0.2, -0.15) is 0 Å². The Morgan fingerprint density at radius 3 is 2.39 bits per heavy atom. The van der Waals surface area contributed by atoms with Crippen molar-refractivity contribution in [1.29, 1.82) is 0 Å². The molecule has 1 heterocycles. The number of carbonyl (C=O) groups excluding carboxylic acids is 1. The molecule has 31 heavy (non-hydrogen) atoms. The number of hydrogen-bond donors (Lipinski definition) is 0. The second-order valence-electron chi connectivity index (χ2n) is 9.06. The fourth-order valence-electron chi connectivity index (χ4n) is 4.50. The third-order valence-corrected chi connectivity index (χ3v) is 7.78. The Balaban J connectivity index is 1.60. The predicted octanol–water partition coefficient (Wildman–Crippen LogP) is 4.26. The van der Waals surface area contributed by atoms with Gasteiger partial charge in [-0.25, -0.2) is 17.8 Å². The summed E-state index contributed by atoms with van der Waals surface area (Å²) >= 11 is 0. The summed E-state index contributed by atoms with van der Waals surface area (Å²) in [5, 5.41) is 0.00545. The third-order valence-electron chi connectivity index (χ3n) is 6.21. The molecule has 168 valence electrons. The van der Waals surface area contributed by atoms with Crippen molar-refractivity contribution in [2.75, 3.05) is 0 Å². The summed E-state index contributed by atoms with van der Waals surface area (Å²) in [5.41, 5.74) is 1.25. The fourth-order valence-corrected chi connectivity index (χ4v) is 6.10. The van der Waals surface area contributed by atoms with Crippen LogP contribution >= 0.6 is 0 Å². The molecule has 0 radical (unpaired) electrons. The standard InChI is InChI=1S/C23H30FN3O3S/c1-16(2)27-21(14-26(20-11-12-20)22(28)18-5-3-4-6-18)13-25-23(27)31(29,30)15-17-7-9-19(24)10-8-17/h7-10,13,16,18,20H,3-6,11-12,14-15H2,1-2H3. The predicted molar refractivity (Wildman–Crippen MR) is 115 cm³/mol. The zero-order valence-electron chi connectivity index (χ0n) is 18.1. The summed E-state index contributed by atoms with van der Waals surface area (Å²) in [6, 6.07) is 5.60. The number of halogens is 1. The maximum absolute atomic E-state index is 13.2. The molecule has 2 aromatic rings. The lowest BCUT2D eigenvalue weighted by Gasteiger charge is -2.27. The molecule has 2 fully saturated rings. The molecule has 0 spiro atoms. The average Bonchev–Trinajstić information content (AvgIpc) is 3.23. The number of nitrogens with zero attached hydrogens (tertiary/aromatic N) is 3. The van der Waals surface area contributed by atoms with Gasteiger partial charge >= 0.3 is 0 Å². The Labute approximate surface area is 183 Å². The van der Waals surface area contributed by atoms with Crippen LogP contribution in [-0.2, 0) is 26.9 Å². The van der Waals surface area contributed by atoms with Crippen LogP contribution in [0.25, 0.3) is 0 Å². The zero-order valence-corrected chi connectivity index (χ0v) is 18.9. The normalized spacial score (nSPS) is 17.4. The molecule has 2 aliphatic carbocycles. The molecule has 8 heteroatoms. The van der Waals surface area contributed by atoms with E-state index in [1.165, 1.54) is 24.3 Å². The molecule has 1 amide bonds. The van der Waals surface area contributed by atoms with E-state index in [1.807, 2.05) is 18.7 Å². The number of carbonyl (C=O) groups is 1. The number of aromatic nitrogens is 2. The Morgan fingerprint density at radius 2 is 1.81 bits per heavy atom. The van der Waals surface area contributed by atoms with Crippen molar-refractivity contribution in [3.8, 4) is 0 Å². The molecule has 2 saturated carbocycles. The van der Waals surface area contributed by atoms with Gasteiger partial charge in [-0.05, 0) is 57.2 Å². The Hall–Kier alpha value is -2.22. The van der Waals surface area contributed by atoms with Crippen LogP contribution in [0.4, 0.5) is 4.39 Å². The molecule has 0 unspecified atom stereocenters. The molecule has 4 rings (SSSR count). The van der Waals surface area contributed by atoms with Crippen LogP contribution in [0.2, 0.25) is 0 Å². The van der Waals surface area contributed by atoms with Crippen molar-refractivity contribution in [3.63, 3.8) is 0 Å². The van der Waals surface area contributed by atoms with E-state index in [-0.39, 0.29) is 34.8 Å². The third kappa shape index (κ3) is 4.84. The van der Waals surface area contributed by atoms with Gasteiger partial charge in [0, 0.05) is 18.0 Å². The summed E-state index contributed by atoms with van der Waals surface area (Å²) in [5.74, 6) is -0.354. The van der Waals surface area contributed by atoms with Crippen LogP contribution in [0.5, 0.6) is 0 Å². The second-order valence-corrected chi connectivity index (χ2v) is 10.9. The number of hydrogen-bond acceptors (Lipinski definition) is 4. The van der Waals surface area contributed by atoms with Gasteiger partial charge in [0.05, 0.1) is 24.2 Å². The summed E-state index contributed by atoms with van der Waals surface area (Å²) in [7, 11) is -3.73. The van der Waals surface area contributed by atoms with Crippen LogP contribution in [0, 0.1) is 11.7 Å². The lowest BCUT2D eigenvalue weighted by molar-refractivity contribution is -0.136. The van der Waals surface area contributed by atoms with E-state index in [0.717, 1.165) is 44.2 Å². The van der Waals surface area contributed by atoms with Crippen molar-refractivity contribution < 1.29 is 17.6 Å². The van der Waals surface area contributed by atoms with E-state index in [1.54, 1.807) is 10.8 Å². The largest absolute Gasteiger partial charge is 0.334 e.